The summed E-state index contributed by atoms with van der Waals surface area (Å²) in [5.41, 5.74) is 6.14. The summed E-state index contributed by atoms with van der Waals surface area (Å²) in [6, 6.07) is 17.0. The van der Waals surface area contributed by atoms with Gasteiger partial charge in [0.2, 0.25) is 0 Å². The van der Waals surface area contributed by atoms with Crippen molar-refractivity contribution in [1.82, 2.24) is 0 Å². The van der Waals surface area contributed by atoms with E-state index in [4.69, 9.17) is 15.2 Å². The SMILES string of the molecule is CCCC(N)(CC)OC(=O)C(C)c1cccc(Oc2ccccc2)c1. The first-order valence-corrected chi connectivity index (χ1v) is 8.82. The van der Waals surface area contributed by atoms with E-state index in [9.17, 15) is 4.79 Å². The van der Waals surface area contributed by atoms with Crippen LogP contribution in [0.2, 0.25) is 0 Å². The van der Waals surface area contributed by atoms with E-state index in [2.05, 4.69) is 0 Å². The molecule has 0 aliphatic carbocycles. The average Bonchev–Trinajstić information content (AvgIpc) is 2.62. The molecule has 0 fully saturated rings. The van der Waals surface area contributed by atoms with Gasteiger partial charge in [0.05, 0.1) is 5.92 Å². The highest BCUT2D eigenvalue weighted by atomic mass is 16.6. The Morgan fingerprint density at radius 1 is 1.08 bits per heavy atom. The lowest BCUT2D eigenvalue weighted by Gasteiger charge is -2.29. The van der Waals surface area contributed by atoms with Crippen LogP contribution >= 0.6 is 0 Å². The molecule has 2 rings (SSSR count). The second kappa shape index (κ2) is 8.67. The van der Waals surface area contributed by atoms with Crippen molar-refractivity contribution in [3.05, 3.63) is 60.2 Å². The standard InChI is InChI=1S/C21H27NO3/c1-4-14-21(22,5-2)25-20(23)16(3)17-10-9-13-19(15-17)24-18-11-7-6-8-12-18/h6-13,15-16H,4-5,14,22H2,1-3H3. The van der Waals surface area contributed by atoms with Gasteiger partial charge < -0.3 is 9.47 Å². The molecule has 0 aliphatic rings. The van der Waals surface area contributed by atoms with Gasteiger partial charge in [-0.05, 0) is 43.2 Å². The Labute approximate surface area is 150 Å². The third-order valence-corrected chi connectivity index (χ3v) is 4.27. The van der Waals surface area contributed by atoms with E-state index in [-0.39, 0.29) is 5.97 Å². The van der Waals surface area contributed by atoms with E-state index >= 15 is 0 Å². The van der Waals surface area contributed by atoms with E-state index < -0.39 is 11.6 Å². The fraction of sp³-hybridized carbons (Fsp3) is 0.381. The number of hydrogen-bond acceptors (Lipinski definition) is 4. The Hall–Kier alpha value is -2.33. The monoisotopic (exact) mass is 341 g/mol. The van der Waals surface area contributed by atoms with Crippen LogP contribution in [0.3, 0.4) is 0 Å². The molecule has 0 aliphatic heterocycles. The van der Waals surface area contributed by atoms with Gasteiger partial charge in [-0.2, -0.15) is 0 Å². The minimum Gasteiger partial charge on any atom is -0.457 e. The molecule has 0 bridgehead atoms. The molecule has 2 unspecified atom stereocenters. The zero-order chi connectivity index (χ0) is 18.3. The summed E-state index contributed by atoms with van der Waals surface area (Å²) in [5.74, 6) is 0.719. The van der Waals surface area contributed by atoms with Crippen LogP contribution in [0.15, 0.2) is 54.6 Å². The Kier molecular flexibility index (Phi) is 6.59. The Morgan fingerprint density at radius 3 is 2.40 bits per heavy atom. The minimum atomic E-state index is -0.891. The second-order valence-electron chi connectivity index (χ2n) is 6.30. The number of nitrogens with two attached hydrogens (primary N) is 1. The molecule has 0 radical (unpaired) electrons. The molecule has 2 aromatic rings. The van der Waals surface area contributed by atoms with E-state index in [0.717, 1.165) is 17.7 Å². The molecule has 4 nitrogen and oxygen atoms in total. The van der Waals surface area contributed by atoms with E-state index in [1.165, 1.54) is 0 Å². The van der Waals surface area contributed by atoms with Crippen molar-refractivity contribution >= 4 is 5.97 Å². The van der Waals surface area contributed by atoms with Crippen LogP contribution in [0, 0.1) is 0 Å². The van der Waals surface area contributed by atoms with E-state index in [1.807, 2.05) is 75.4 Å². The maximum absolute atomic E-state index is 12.5. The van der Waals surface area contributed by atoms with Crippen LogP contribution < -0.4 is 10.5 Å². The third kappa shape index (κ3) is 5.33. The van der Waals surface area contributed by atoms with Gasteiger partial charge in [-0.1, -0.05) is 50.6 Å². The smallest absolute Gasteiger partial charge is 0.314 e. The Bertz CT molecular complexity index is 687. The van der Waals surface area contributed by atoms with Gasteiger partial charge in [0, 0.05) is 6.42 Å². The summed E-state index contributed by atoms with van der Waals surface area (Å²) in [6.45, 7) is 5.78. The van der Waals surface area contributed by atoms with Crippen LogP contribution in [0.25, 0.3) is 0 Å². The topological polar surface area (TPSA) is 61.5 Å². The van der Waals surface area contributed by atoms with Crippen molar-refractivity contribution in [3.63, 3.8) is 0 Å². The van der Waals surface area contributed by atoms with Crippen LogP contribution in [-0.2, 0) is 9.53 Å². The predicted octanol–water partition coefficient (Wildman–Crippen LogP) is 4.99. The zero-order valence-corrected chi connectivity index (χ0v) is 15.2. The summed E-state index contributed by atoms with van der Waals surface area (Å²) in [5, 5.41) is 0. The van der Waals surface area contributed by atoms with Crippen molar-refractivity contribution in [1.29, 1.82) is 0 Å². The van der Waals surface area contributed by atoms with Gasteiger partial charge in [-0.3, -0.25) is 10.5 Å². The maximum Gasteiger partial charge on any atom is 0.314 e. The van der Waals surface area contributed by atoms with Gasteiger partial charge in [0.15, 0.2) is 5.72 Å². The fourth-order valence-corrected chi connectivity index (χ4v) is 2.62. The molecular formula is C21H27NO3. The number of esters is 1. The highest BCUT2D eigenvalue weighted by Crippen LogP contribution is 2.27. The number of para-hydroxylation sites is 1. The molecule has 0 saturated heterocycles. The first-order chi connectivity index (χ1) is 12.0. The zero-order valence-electron chi connectivity index (χ0n) is 15.2. The maximum atomic E-state index is 12.5. The molecule has 2 N–H and O–H groups in total. The number of hydrogen-bond donors (Lipinski definition) is 1. The molecule has 25 heavy (non-hydrogen) atoms. The van der Waals surface area contributed by atoms with Gasteiger partial charge in [0.25, 0.3) is 0 Å². The molecule has 0 heterocycles. The van der Waals surface area contributed by atoms with E-state index in [1.54, 1.807) is 0 Å². The van der Waals surface area contributed by atoms with Crippen molar-refractivity contribution in [2.45, 2.75) is 51.7 Å². The summed E-state index contributed by atoms with van der Waals surface area (Å²) in [6.07, 6.45) is 2.11. The van der Waals surface area contributed by atoms with Crippen LogP contribution in [-0.4, -0.2) is 11.7 Å². The third-order valence-electron chi connectivity index (χ3n) is 4.27. The fourth-order valence-electron chi connectivity index (χ4n) is 2.62. The Balaban J connectivity index is 2.09. The summed E-state index contributed by atoms with van der Waals surface area (Å²) < 4.78 is 11.4. The van der Waals surface area contributed by atoms with Crippen molar-refractivity contribution < 1.29 is 14.3 Å². The number of benzene rings is 2. The molecule has 0 saturated carbocycles. The van der Waals surface area contributed by atoms with Crippen LogP contribution in [0.4, 0.5) is 0 Å². The van der Waals surface area contributed by atoms with Gasteiger partial charge >= 0.3 is 5.97 Å². The predicted molar refractivity (Wildman–Crippen MR) is 99.6 cm³/mol. The molecule has 0 aromatic heterocycles. The number of carbonyl (C=O) groups excluding carboxylic acids is 1. The van der Waals surface area contributed by atoms with Crippen molar-refractivity contribution in [2.75, 3.05) is 0 Å². The van der Waals surface area contributed by atoms with Crippen molar-refractivity contribution in [2.24, 2.45) is 5.73 Å². The number of rotatable bonds is 8. The highest BCUT2D eigenvalue weighted by molar-refractivity contribution is 5.78. The summed E-state index contributed by atoms with van der Waals surface area (Å²) >= 11 is 0. The van der Waals surface area contributed by atoms with Gasteiger partial charge in [0.1, 0.15) is 11.5 Å². The molecule has 0 spiro atoms. The minimum absolute atomic E-state index is 0.310. The largest absolute Gasteiger partial charge is 0.457 e. The molecule has 2 aromatic carbocycles. The quantitative estimate of drug-likeness (QED) is 0.543. The first-order valence-electron chi connectivity index (χ1n) is 8.82. The first kappa shape index (κ1) is 19.0. The number of carbonyl (C=O) groups is 1. The van der Waals surface area contributed by atoms with Crippen LogP contribution in [0.5, 0.6) is 11.5 Å². The van der Waals surface area contributed by atoms with Crippen LogP contribution in [0.1, 0.15) is 51.5 Å². The second-order valence-corrected chi connectivity index (χ2v) is 6.30. The van der Waals surface area contributed by atoms with E-state index in [0.29, 0.717) is 18.6 Å². The lowest BCUT2D eigenvalue weighted by atomic mass is 10.00. The number of ether oxygens (including phenoxy) is 2. The molecule has 134 valence electrons. The lowest BCUT2D eigenvalue weighted by molar-refractivity contribution is -0.162. The highest BCUT2D eigenvalue weighted by Gasteiger charge is 2.29. The van der Waals surface area contributed by atoms with Gasteiger partial charge in [-0.15, -0.1) is 0 Å². The molecule has 4 heteroatoms. The lowest BCUT2D eigenvalue weighted by Crippen LogP contribution is -2.44. The Morgan fingerprint density at radius 2 is 1.76 bits per heavy atom. The normalized spacial score (nSPS) is 14.4. The van der Waals surface area contributed by atoms with Crippen molar-refractivity contribution in [3.8, 4) is 11.5 Å². The molecule has 0 amide bonds. The summed E-state index contributed by atoms with van der Waals surface area (Å²) in [7, 11) is 0. The molecular weight excluding hydrogens is 314 g/mol. The summed E-state index contributed by atoms with van der Waals surface area (Å²) in [4.78, 5) is 12.5. The average molecular weight is 341 g/mol. The van der Waals surface area contributed by atoms with Gasteiger partial charge in [-0.25, -0.2) is 0 Å². The molecule has 2 atom stereocenters.